The van der Waals surface area contributed by atoms with Crippen LogP contribution in [-0.2, 0) is 65.4 Å². The van der Waals surface area contributed by atoms with Crippen molar-refractivity contribution in [2.75, 3.05) is 39.6 Å². The molecular formula is C77H150O17P2. The predicted octanol–water partition coefficient (Wildman–Crippen LogP) is 22.7. The molecular weight excluding hydrogens is 1260 g/mol. The molecule has 570 valence electrons. The third-order valence-corrected chi connectivity index (χ3v) is 20.2. The number of esters is 4. The molecule has 6 atom stereocenters. The van der Waals surface area contributed by atoms with Crippen LogP contribution in [-0.4, -0.2) is 96.7 Å². The van der Waals surface area contributed by atoms with E-state index >= 15 is 0 Å². The van der Waals surface area contributed by atoms with Gasteiger partial charge in [-0.15, -0.1) is 0 Å². The lowest BCUT2D eigenvalue weighted by Gasteiger charge is -2.21. The molecule has 0 aromatic heterocycles. The van der Waals surface area contributed by atoms with Gasteiger partial charge in [0.15, 0.2) is 12.2 Å². The topological polar surface area (TPSA) is 237 Å². The normalized spacial score (nSPS) is 14.3. The zero-order chi connectivity index (χ0) is 70.7. The standard InChI is InChI=1S/C77H150O17P2/c1-7-10-12-14-16-18-19-20-21-22-23-24-25-26-27-32-35-38-42-49-55-61-76(81)93-72(65-88-75(80)60-54-48-41-37-34-31-29-28-30-33-36-39-46-52-58-70(6)9-3)67-91-95(83,84)89-63-71(78)64-90-96(85,86)92-68-73(66-87-74(79)59-53-47-40-17-15-13-11-8-2)94-77(82)62-56-50-44-43-45-51-57-69(4)5/h69-73,78H,7-68H2,1-6H3,(H,83,84)(H,85,86)/t70?,71-,72-,73-/m1/s1. The fourth-order valence-electron chi connectivity index (χ4n) is 11.8. The van der Waals surface area contributed by atoms with E-state index in [-0.39, 0.29) is 25.7 Å². The number of carbonyl (C=O) groups excluding carboxylic acids is 4. The van der Waals surface area contributed by atoms with E-state index in [0.29, 0.717) is 31.6 Å². The van der Waals surface area contributed by atoms with Crippen molar-refractivity contribution in [1.29, 1.82) is 0 Å². The molecule has 17 nitrogen and oxygen atoms in total. The number of phosphoric ester groups is 2. The van der Waals surface area contributed by atoms with Gasteiger partial charge in [0.1, 0.15) is 19.3 Å². The number of hydrogen-bond acceptors (Lipinski definition) is 15. The zero-order valence-electron chi connectivity index (χ0n) is 62.7. The first kappa shape index (κ1) is 94.1. The first-order valence-corrected chi connectivity index (χ1v) is 43.0. The Morgan fingerprint density at radius 3 is 0.792 bits per heavy atom. The van der Waals surface area contributed by atoms with Crippen LogP contribution in [0.25, 0.3) is 0 Å². The SMILES string of the molecule is CCCCCCCCCCCCCCCCCCCCCCCC(=O)O[C@H](COC(=O)CCCCCCCCCCCCCCCCC(C)CC)COP(=O)(O)OC[C@@H](O)COP(=O)(O)OC[C@@H](COC(=O)CCCCCCCCCC)OC(=O)CCCCCCCCC(C)C. The molecule has 0 aromatic rings. The number of hydrogen-bond donors (Lipinski definition) is 3. The maximum absolute atomic E-state index is 13.1. The maximum Gasteiger partial charge on any atom is 0.472 e. The van der Waals surface area contributed by atoms with Gasteiger partial charge in [0.05, 0.1) is 26.4 Å². The van der Waals surface area contributed by atoms with E-state index in [9.17, 15) is 43.2 Å². The van der Waals surface area contributed by atoms with Crippen molar-refractivity contribution in [2.45, 2.75) is 419 Å². The number of aliphatic hydroxyl groups excluding tert-OH is 1. The zero-order valence-corrected chi connectivity index (χ0v) is 64.5. The molecule has 0 heterocycles. The molecule has 3 unspecified atom stereocenters. The fraction of sp³-hybridized carbons (Fsp3) is 0.948. The summed E-state index contributed by atoms with van der Waals surface area (Å²) in [4.78, 5) is 72.6. The van der Waals surface area contributed by atoms with Gasteiger partial charge in [-0.05, 0) is 37.5 Å². The number of carbonyl (C=O) groups is 4. The first-order valence-electron chi connectivity index (χ1n) is 40.0. The highest BCUT2D eigenvalue weighted by atomic mass is 31.2. The summed E-state index contributed by atoms with van der Waals surface area (Å²) < 4.78 is 68.4. The Balaban J connectivity index is 5.16. The molecule has 0 aliphatic heterocycles. The Kier molecular flexibility index (Phi) is 67.4. The van der Waals surface area contributed by atoms with Gasteiger partial charge >= 0.3 is 39.5 Å². The Bertz CT molecular complexity index is 1860. The van der Waals surface area contributed by atoms with Gasteiger partial charge in [0.2, 0.25) is 0 Å². The van der Waals surface area contributed by atoms with Gasteiger partial charge in [-0.1, -0.05) is 350 Å². The molecule has 0 aliphatic rings. The third kappa shape index (κ3) is 69.2. The van der Waals surface area contributed by atoms with Gasteiger partial charge in [-0.2, -0.15) is 0 Å². The molecule has 0 amide bonds. The van der Waals surface area contributed by atoms with Gasteiger partial charge in [-0.25, -0.2) is 9.13 Å². The molecule has 0 fully saturated rings. The Morgan fingerprint density at radius 2 is 0.531 bits per heavy atom. The van der Waals surface area contributed by atoms with Crippen LogP contribution < -0.4 is 0 Å². The quantitative estimate of drug-likeness (QED) is 0.0222. The molecule has 0 saturated carbocycles. The van der Waals surface area contributed by atoms with Crippen LogP contribution in [0.5, 0.6) is 0 Å². The third-order valence-electron chi connectivity index (χ3n) is 18.3. The van der Waals surface area contributed by atoms with Crippen LogP contribution in [0.3, 0.4) is 0 Å². The Morgan fingerprint density at radius 1 is 0.302 bits per heavy atom. The van der Waals surface area contributed by atoms with E-state index in [1.165, 1.54) is 212 Å². The van der Waals surface area contributed by atoms with E-state index in [0.717, 1.165) is 102 Å². The average molecular weight is 1410 g/mol. The van der Waals surface area contributed by atoms with E-state index in [4.69, 9.17) is 37.0 Å². The molecule has 0 rings (SSSR count). The minimum atomic E-state index is -4.96. The molecule has 19 heteroatoms. The second kappa shape index (κ2) is 68.8. The number of phosphoric acid groups is 2. The Labute approximate surface area is 588 Å². The number of ether oxygens (including phenoxy) is 4. The molecule has 0 spiro atoms. The second-order valence-corrected chi connectivity index (χ2v) is 31.4. The highest BCUT2D eigenvalue weighted by Crippen LogP contribution is 2.45. The molecule has 0 aromatic carbocycles. The van der Waals surface area contributed by atoms with E-state index in [1.54, 1.807) is 0 Å². The molecule has 0 aliphatic carbocycles. The monoisotopic (exact) mass is 1410 g/mol. The summed E-state index contributed by atoms with van der Waals surface area (Å²) in [6, 6.07) is 0. The number of unbranched alkanes of at least 4 members (excludes halogenated alkanes) is 45. The van der Waals surface area contributed by atoms with Crippen molar-refractivity contribution in [1.82, 2.24) is 0 Å². The highest BCUT2D eigenvalue weighted by molar-refractivity contribution is 7.47. The summed E-state index contributed by atoms with van der Waals surface area (Å²) in [5.74, 6) is -0.603. The van der Waals surface area contributed by atoms with Crippen LogP contribution in [0.15, 0.2) is 0 Å². The molecule has 0 radical (unpaired) electrons. The summed E-state index contributed by atoms with van der Waals surface area (Å²) in [5, 5.41) is 10.6. The minimum absolute atomic E-state index is 0.102. The van der Waals surface area contributed by atoms with Crippen molar-refractivity contribution >= 4 is 39.5 Å². The fourth-order valence-corrected chi connectivity index (χ4v) is 13.4. The number of aliphatic hydroxyl groups is 1. The van der Waals surface area contributed by atoms with Crippen LogP contribution in [0.1, 0.15) is 401 Å². The average Bonchev–Trinajstić information content (AvgIpc) is 1.18. The summed E-state index contributed by atoms with van der Waals surface area (Å²) >= 11 is 0. The van der Waals surface area contributed by atoms with E-state index in [2.05, 4.69) is 41.5 Å². The van der Waals surface area contributed by atoms with Gasteiger partial charge < -0.3 is 33.8 Å². The van der Waals surface area contributed by atoms with Crippen molar-refractivity contribution < 1.29 is 80.2 Å². The van der Waals surface area contributed by atoms with Crippen LogP contribution in [0.2, 0.25) is 0 Å². The van der Waals surface area contributed by atoms with Gasteiger partial charge in [-0.3, -0.25) is 37.3 Å². The maximum atomic E-state index is 13.1. The largest absolute Gasteiger partial charge is 0.472 e. The lowest BCUT2D eigenvalue weighted by molar-refractivity contribution is -0.161. The predicted molar refractivity (Wildman–Crippen MR) is 391 cm³/mol. The van der Waals surface area contributed by atoms with Crippen LogP contribution >= 0.6 is 15.6 Å². The lowest BCUT2D eigenvalue weighted by Crippen LogP contribution is -2.30. The van der Waals surface area contributed by atoms with Gasteiger partial charge in [0.25, 0.3) is 0 Å². The summed E-state index contributed by atoms with van der Waals surface area (Å²) in [7, 11) is -9.91. The first-order chi connectivity index (χ1) is 46.4. The van der Waals surface area contributed by atoms with Crippen LogP contribution in [0.4, 0.5) is 0 Å². The smallest absolute Gasteiger partial charge is 0.462 e. The van der Waals surface area contributed by atoms with Crippen molar-refractivity contribution in [3.8, 4) is 0 Å². The molecule has 96 heavy (non-hydrogen) atoms. The summed E-state index contributed by atoms with van der Waals surface area (Å²) in [6.07, 6.45) is 57.3. The molecule has 0 saturated heterocycles. The molecule has 3 N–H and O–H groups in total. The van der Waals surface area contributed by atoms with Crippen molar-refractivity contribution in [3.05, 3.63) is 0 Å². The van der Waals surface area contributed by atoms with Crippen molar-refractivity contribution in [3.63, 3.8) is 0 Å². The second-order valence-electron chi connectivity index (χ2n) is 28.5. The Hall–Kier alpha value is -1.94. The van der Waals surface area contributed by atoms with E-state index < -0.39 is 97.5 Å². The lowest BCUT2D eigenvalue weighted by atomic mass is 9.99. The van der Waals surface area contributed by atoms with Gasteiger partial charge in [0, 0.05) is 25.7 Å². The van der Waals surface area contributed by atoms with Crippen LogP contribution in [0, 0.1) is 11.8 Å². The summed E-state index contributed by atoms with van der Waals surface area (Å²) in [5.41, 5.74) is 0. The van der Waals surface area contributed by atoms with E-state index in [1.807, 2.05) is 0 Å². The molecule has 0 bridgehead atoms. The minimum Gasteiger partial charge on any atom is -0.462 e. The highest BCUT2D eigenvalue weighted by Gasteiger charge is 2.30. The number of rotatable bonds is 76. The van der Waals surface area contributed by atoms with Crippen molar-refractivity contribution in [2.24, 2.45) is 11.8 Å². The summed E-state index contributed by atoms with van der Waals surface area (Å²) in [6.45, 7) is 9.53.